The Bertz CT molecular complexity index is 1390. The molecule has 1 aromatic heterocycles. The van der Waals surface area contributed by atoms with E-state index in [1.54, 1.807) is 19.4 Å². The fourth-order valence-electron chi connectivity index (χ4n) is 3.33. The van der Waals surface area contributed by atoms with Crippen molar-refractivity contribution < 1.29 is 8.95 Å². The molecule has 3 aromatic carbocycles. The van der Waals surface area contributed by atoms with Gasteiger partial charge in [-0.2, -0.15) is 0 Å². The summed E-state index contributed by atoms with van der Waals surface area (Å²) in [5.74, 6) is 1.46. The van der Waals surface area contributed by atoms with Gasteiger partial charge in [0.2, 0.25) is 0 Å². The molecule has 0 spiro atoms. The van der Waals surface area contributed by atoms with E-state index >= 15 is 0 Å². The summed E-state index contributed by atoms with van der Waals surface area (Å²) in [4.78, 5) is 14.3. The van der Waals surface area contributed by atoms with Crippen LogP contribution in [0.25, 0.3) is 0 Å². The minimum atomic E-state index is -1.31. The average Bonchev–Trinajstić information content (AvgIpc) is 2.93. The second-order valence-corrected chi connectivity index (χ2v) is 9.29. The van der Waals surface area contributed by atoms with Crippen molar-refractivity contribution in [1.82, 2.24) is 15.3 Å². The lowest BCUT2D eigenvalue weighted by Gasteiger charge is -2.08. The van der Waals surface area contributed by atoms with Gasteiger partial charge in [0.1, 0.15) is 17.9 Å². The van der Waals surface area contributed by atoms with Crippen molar-refractivity contribution in [1.29, 1.82) is 0 Å². The van der Waals surface area contributed by atoms with Crippen LogP contribution in [0.3, 0.4) is 0 Å². The van der Waals surface area contributed by atoms with Gasteiger partial charge in [-0.15, -0.1) is 0 Å². The number of aromatic nitrogens is 2. The number of allylic oxidation sites excluding steroid dienone is 2. The molecule has 0 aliphatic rings. The summed E-state index contributed by atoms with van der Waals surface area (Å²) < 4.78 is 18.5. The molecule has 0 amide bonds. The third-order valence-corrected chi connectivity index (χ3v) is 6.74. The first-order valence-electron chi connectivity index (χ1n) is 11.3. The normalized spacial score (nSPS) is 12.6. The van der Waals surface area contributed by atoms with Crippen molar-refractivity contribution in [2.24, 2.45) is 4.99 Å². The number of nitrogens with one attached hydrogen (secondary N) is 2. The van der Waals surface area contributed by atoms with Crippen molar-refractivity contribution >= 4 is 33.7 Å². The molecule has 36 heavy (non-hydrogen) atoms. The van der Waals surface area contributed by atoms with Crippen LogP contribution in [-0.2, 0) is 10.8 Å². The van der Waals surface area contributed by atoms with Crippen LogP contribution in [-0.4, -0.2) is 34.0 Å². The van der Waals surface area contributed by atoms with Crippen LogP contribution < -0.4 is 15.4 Å². The predicted octanol–water partition coefficient (Wildman–Crippen LogP) is 5.64. The number of ether oxygens (including phenoxy) is 1. The maximum Gasteiger partial charge on any atom is 0.133 e. The van der Waals surface area contributed by atoms with Gasteiger partial charge in [0.05, 0.1) is 29.3 Å². The van der Waals surface area contributed by atoms with Crippen molar-refractivity contribution in [2.75, 3.05) is 19.5 Å². The Hall–Kier alpha value is -4.30. The van der Waals surface area contributed by atoms with Crippen LogP contribution >= 0.6 is 0 Å². The SMILES string of the molecule is CNC(C)=CC(=Nc1ccc([S@@](=O)c2ccc(Nc3ccncn3)cc2)cc1)c1cccc(OC)c1. The molecular formula is C28H27N5O2S. The summed E-state index contributed by atoms with van der Waals surface area (Å²) in [6.45, 7) is 1.98. The van der Waals surface area contributed by atoms with Gasteiger partial charge in [-0.25, -0.2) is 19.2 Å². The fraction of sp³-hybridized carbons (Fsp3) is 0.107. The first kappa shape index (κ1) is 24.8. The molecule has 8 heteroatoms. The molecule has 0 aliphatic carbocycles. The Morgan fingerprint density at radius 3 is 2.36 bits per heavy atom. The average molecular weight is 498 g/mol. The zero-order chi connectivity index (χ0) is 25.3. The number of anilines is 2. The van der Waals surface area contributed by atoms with E-state index in [2.05, 4.69) is 20.6 Å². The number of nitrogens with zero attached hydrogens (tertiary/aromatic N) is 3. The monoisotopic (exact) mass is 497 g/mol. The summed E-state index contributed by atoms with van der Waals surface area (Å²) in [6, 6.07) is 24.5. The number of aliphatic imine (C=N–C) groups is 1. The summed E-state index contributed by atoms with van der Waals surface area (Å²) >= 11 is 0. The van der Waals surface area contributed by atoms with Crippen LogP contribution in [0.1, 0.15) is 12.5 Å². The third kappa shape index (κ3) is 6.43. The maximum atomic E-state index is 13.1. The number of hydrogen-bond acceptors (Lipinski definition) is 7. The van der Waals surface area contributed by atoms with Crippen LogP contribution in [0, 0.1) is 0 Å². The number of methoxy groups -OCH3 is 1. The predicted molar refractivity (Wildman–Crippen MR) is 145 cm³/mol. The van der Waals surface area contributed by atoms with Gasteiger partial charge in [0.25, 0.3) is 0 Å². The third-order valence-electron chi connectivity index (χ3n) is 5.34. The van der Waals surface area contributed by atoms with E-state index in [9.17, 15) is 4.21 Å². The molecule has 4 rings (SSSR count). The molecule has 2 N–H and O–H groups in total. The molecule has 0 saturated carbocycles. The number of benzene rings is 3. The molecule has 0 fully saturated rings. The molecule has 0 radical (unpaired) electrons. The molecule has 0 bridgehead atoms. The quantitative estimate of drug-likeness (QED) is 0.291. The van der Waals surface area contributed by atoms with E-state index in [0.29, 0.717) is 15.6 Å². The van der Waals surface area contributed by atoms with Gasteiger partial charge in [0, 0.05) is 40.0 Å². The Morgan fingerprint density at radius 1 is 1.00 bits per heavy atom. The van der Waals surface area contributed by atoms with Crippen molar-refractivity contribution in [3.8, 4) is 5.75 Å². The van der Waals surface area contributed by atoms with E-state index in [0.717, 1.165) is 34.1 Å². The summed E-state index contributed by atoms with van der Waals surface area (Å²) in [5.41, 5.74) is 4.33. The van der Waals surface area contributed by atoms with E-state index < -0.39 is 10.8 Å². The first-order valence-corrected chi connectivity index (χ1v) is 12.4. The minimum absolute atomic E-state index is 0.697. The van der Waals surface area contributed by atoms with Gasteiger partial charge in [0.15, 0.2) is 0 Å². The molecule has 0 aliphatic heterocycles. The fourth-order valence-corrected chi connectivity index (χ4v) is 4.37. The van der Waals surface area contributed by atoms with E-state index in [-0.39, 0.29) is 0 Å². The summed E-state index contributed by atoms with van der Waals surface area (Å²) in [6.07, 6.45) is 5.14. The lowest BCUT2D eigenvalue weighted by Crippen LogP contribution is -2.06. The van der Waals surface area contributed by atoms with Gasteiger partial charge in [-0.3, -0.25) is 0 Å². The number of rotatable bonds is 9. The molecule has 1 heterocycles. The highest BCUT2D eigenvalue weighted by atomic mass is 32.2. The van der Waals surface area contributed by atoms with Crippen LogP contribution in [0.5, 0.6) is 5.75 Å². The van der Waals surface area contributed by atoms with Gasteiger partial charge in [-0.05, 0) is 79.7 Å². The topological polar surface area (TPSA) is 88.5 Å². The highest BCUT2D eigenvalue weighted by Crippen LogP contribution is 2.24. The molecular weight excluding hydrogens is 470 g/mol. The maximum absolute atomic E-state index is 13.1. The summed E-state index contributed by atoms with van der Waals surface area (Å²) in [7, 11) is 2.20. The Labute approximate surface area is 213 Å². The zero-order valence-corrected chi connectivity index (χ0v) is 21.1. The largest absolute Gasteiger partial charge is 0.497 e. The van der Waals surface area contributed by atoms with Crippen LogP contribution in [0.15, 0.2) is 118 Å². The highest BCUT2D eigenvalue weighted by molar-refractivity contribution is 7.85. The molecule has 182 valence electrons. The van der Waals surface area contributed by atoms with Crippen molar-refractivity contribution in [3.63, 3.8) is 0 Å². The van der Waals surface area contributed by atoms with Crippen LogP contribution in [0.4, 0.5) is 17.2 Å². The second kappa shape index (κ2) is 11.9. The van der Waals surface area contributed by atoms with E-state index in [1.165, 1.54) is 6.33 Å². The Kier molecular flexibility index (Phi) is 8.20. The lowest BCUT2D eigenvalue weighted by molar-refractivity contribution is 0.414. The highest BCUT2D eigenvalue weighted by Gasteiger charge is 2.09. The van der Waals surface area contributed by atoms with Gasteiger partial charge >= 0.3 is 0 Å². The standard InChI is InChI=1S/C28H27N5O2S/c1-20(29-2)17-27(21-5-4-6-24(18-21)35-3)32-22-7-11-25(12-8-22)36(34)26-13-9-23(10-14-26)33-28-15-16-30-19-31-28/h4-19,29H,1-3H3,(H,30,31,33)/t36-/m1/s1. The van der Waals surface area contributed by atoms with Gasteiger partial charge in [-0.1, -0.05) is 12.1 Å². The summed E-state index contributed by atoms with van der Waals surface area (Å²) in [5, 5.41) is 6.33. The Balaban J connectivity index is 1.53. The van der Waals surface area contributed by atoms with E-state index in [1.807, 2.05) is 92.8 Å². The molecule has 0 saturated heterocycles. The van der Waals surface area contributed by atoms with Crippen LogP contribution in [0.2, 0.25) is 0 Å². The molecule has 1 atom stereocenters. The first-order chi connectivity index (χ1) is 17.6. The minimum Gasteiger partial charge on any atom is -0.497 e. The lowest BCUT2D eigenvalue weighted by atomic mass is 10.1. The van der Waals surface area contributed by atoms with E-state index in [4.69, 9.17) is 9.73 Å². The Morgan fingerprint density at radius 2 is 1.72 bits per heavy atom. The number of hydrogen-bond donors (Lipinski definition) is 2. The second-order valence-electron chi connectivity index (χ2n) is 7.81. The van der Waals surface area contributed by atoms with Crippen molar-refractivity contribution in [3.05, 3.63) is 109 Å². The molecule has 0 unspecified atom stereocenters. The molecule has 7 nitrogen and oxygen atoms in total. The van der Waals surface area contributed by atoms with Crippen molar-refractivity contribution in [2.45, 2.75) is 16.7 Å². The van der Waals surface area contributed by atoms with Gasteiger partial charge < -0.3 is 15.4 Å². The zero-order valence-electron chi connectivity index (χ0n) is 20.3. The molecule has 4 aromatic rings. The smallest absolute Gasteiger partial charge is 0.133 e.